The minimum Gasteiger partial charge on any atom is -0.508 e. The van der Waals surface area contributed by atoms with Gasteiger partial charge >= 0.3 is 0 Å². The molecule has 3 heteroatoms. The van der Waals surface area contributed by atoms with Crippen molar-refractivity contribution in [2.75, 3.05) is 25.0 Å². The van der Waals surface area contributed by atoms with Crippen molar-refractivity contribution in [1.29, 1.82) is 0 Å². The van der Waals surface area contributed by atoms with Crippen LogP contribution in [0.4, 0.5) is 5.69 Å². The van der Waals surface area contributed by atoms with Crippen LogP contribution in [0.5, 0.6) is 5.75 Å². The second-order valence-corrected chi connectivity index (χ2v) is 5.23. The molecule has 2 N–H and O–H groups in total. The third kappa shape index (κ3) is 2.39. The van der Waals surface area contributed by atoms with Crippen molar-refractivity contribution in [2.45, 2.75) is 31.7 Å². The van der Waals surface area contributed by atoms with Crippen molar-refractivity contribution in [3.05, 3.63) is 23.8 Å². The highest BCUT2D eigenvalue weighted by Crippen LogP contribution is 2.28. The summed E-state index contributed by atoms with van der Waals surface area (Å²) in [5.74, 6) is 0.378. The maximum atomic E-state index is 9.45. The van der Waals surface area contributed by atoms with Crippen molar-refractivity contribution in [3.8, 4) is 5.75 Å². The lowest BCUT2D eigenvalue weighted by molar-refractivity contribution is 0.314. The predicted octanol–water partition coefficient (Wildman–Crippen LogP) is 2.21. The summed E-state index contributed by atoms with van der Waals surface area (Å²) in [5, 5.41) is 13.0. The van der Waals surface area contributed by atoms with Gasteiger partial charge in [-0.25, -0.2) is 0 Å². The van der Waals surface area contributed by atoms with E-state index in [0.29, 0.717) is 11.8 Å². The highest BCUT2D eigenvalue weighted by molar-refractivity contribution is 5.56. The molecule has 2 aliphatic rings. The number of benzene rings is 1. The van der Waals surface area contributed by atoms with E-state index in [-0.39, 0.29) is 0 Å². The molecule has 17 heavy (non-hydrogen) atoms. The summed E-state index contributed by atoms with van der Waals surface area (Å²) in [6.45, 7) is 3.70. The molecule has 1 aromatic carbocycles. The molecule has 2 heterocycles. The summed E-state index contributed by atoms with van der Waals surface area (Å²) in [7, 11) is 0. The van der Waals surface area contributed by atoms with Crippen LogP contribution in [0.2, 0.25) is 0 Å². The largest absolute Gasteiger partial charge is 0.508 e. The fourth-order valence-electron chi connectivity index (χ4n) is 2.96. The van der Waals surface area contributed by atoms with Gasteiger partial charge in [-0.05, 0) is 62.5 Å². The number of rotatable bonds is 2. The molecule has 0 bridgehead atoms. The van der Waals surface area contributed by atoms with Gasteiger partial charge in [0.05, 0.1) is 0 Å². The SMILES string of the molecule is Oc1ccc2c(c1)CCC(CN1CCCC1)N2. The molecule has 0 aliphatic carbocycles. The van der Waals surface area contributed by atoms with E-state index in [2.05, 4.69) is 10.2 Å². The number of aryl methyl sites for hydroxylation is 1. The summed E-state index contributed by atoms with van der Waals surface area (Å²) in [4.78, 5) is 2.56. The van der Waals surface area contributed by atoms with Crippen LogP contribution in [-0.4, -0.2) is 35.7 Å². The Hall–Kier alpha value is -1.22. The normalized spacial score (nSPS) is 24.4. The van der Waals surface area contributed by atoms with Crippen LogP contribution in [0.25, 0.3) is 0 Å². The maximum absolute atomic E-state index is 9.45. The van der Waals surface area contributed by atoms with Crippen LogP contribution in [-0.2, 0) is 6.42 Å². The maximum Gasteiger partial charge on any atom is 0.116 e. The quantitative estimate of drug-likeness (QED) is 0.767. The Bertz CT molecular complexity index is 399. The number of anilines is 1. The Morgan fingerprint density at radius 1 is 1.29 bits per heavy atom. The zero-order valence-corrected chi connectivity index (χ0v) is 10.2. The summed E-state index contributed by atoms with van der Waals surface area (Å²) >= 11 is 0. The lowest BCUT2D eigenvalue weighted by atomic mass is 9.97. The van der Waals surface area contributed by atoms with Gasteiger partial charge < -0.3 is 15.3 Å². The van der Waals surface area contributed by atoms with Crippen LogP contribution in [0.15, 0.2) is 18.2 Å². The molecule has 3 nitrogen and oxygen atoms in total. The molecule has 0 amide bonds. The van der Waals surface area contributed by atoms with E-state index in [1.807, 2.05) is 12.1 Å². The monoisotopic (exact) mass is 232 g/mol. The van der Waals surface area contributed by atoms with E-state index >= 15 is 0 Å². The van der Waals surface area contributed by atoms with Gasteiger partial charge in [-0.3, -0.25) is 0 Å². The topological polar surface area (TPSA) is 35.5 Å². The highest BCUT2D eigenvalue weighted by atomic mass is 16.3. The zero-order valence-electron chi connectivity index (χ0n) is 10.2. The lowest BCUT2D eigenvalue weighted by Gasteiger charge is -2.30. The van der Waals surface area contributed by atoms with E-state index in [1.165, 1.54) is 50.1 Å². The first-order valence-corrected chi connectivity index (χ1v) is 6.62. The molecule has 92 valence electrons. The van der Waals surface area contributed by atoms with Gasteiger partial charge in [0.25, 0.3) is 0 Å². The van der Waals surface area contributed by atoms with E-state index in [0.717, 1.165) is 6.42 Å². The minimum atomic E-state index is 0.378. The third-order valence-electron chi connectivity index (χ3n) is 3.89. The molecule has 1 saturated heterocycles. The highest BCUT2D eigenvalue weighted by Gasteiger charge is 2.21. The lowest BCUT2D eigenvalue weighted by Crippen LogP contribution is -2.37. The molecule has 0 radical (unpaired) electrons. The molecule has 3 rings (SSSR count). The molecular formula is C14H20N2O. The first-order chi connectivity index (χ1) is 8.31. The Morgan fingerprint density at radius 3 is 2.94 bits per heavy atom. The third-order valence-corrected chi connectivity index (χ3v) is 3.89. The standard InChI is InChI=1S/C14H20N2O/c17-13-5-6-14-11(9-13)3-4-12(15-14)10-16-7-1-2-8-16/h5-6,9,12,15,17H,1-4,7-8,10H2. The second-order valence-electron chi connectivity index (χ2n) is 5.23. The van der Waals surface area contributed by atoms with Gasteiger partial charge in [-0.1, -0.05) is 0 Å². The van der Waals surface area contributed by atoms with Crippen molar-refractivity contribution in [2.24, 2.45) is 0 Å². The molecule has 0 saturated carbocycles. The fourth-order valence-corrected chi connectivity index (χ4v) is 2.96. The van der Waals surface area contributed by atoms with Crippen molar-refractivity contribution in [3.63, 3.8) is 0 Å². The van der Waals surface area contributed by atoms with Gasteiger partial charge in [-0.2, -0.15) is 0 Å². The first-order valence-electron chi connectivity index (χ1n) is 6.62. The molecular weight excluding hydrogens is 212 g/mol. The number of fused-ring (bicyclic) bond motifs is 1. The van der Waals surface area contributed by atoms with Crippen LogP contribution in [0.1, 0.15) is 24.8 Å². The predicted molar refractivity (Wildman–Crippen MR) is 69.5 cm³/mol. The van der Waals surface area contributed by atoms with E-state index in [1.54, 1.807) is 6.07 Å². The van der Waals surface area contributed by atoms with Gasteiger partial charge in [-0.15, -0.1) is 0 Å². The van der Waals surface area contributed by atoms with Crippen LogP contribution in [0, 0.1) is 0 Å². The Balaban J connectivity index is 1.65. The zero-order chi connectivity index (χ0) is 11.7. The van der Waals surface area contributed by atoms with Crippen molar-refractivity contribution < 1.29 is 5.11 Å². The van der Waals surface area contributed by atoms with Gasteiger partial charge in [0.1, 0.15) is 5.75 Å². The van der Waals surface area contributed by atoms with Crippen LogP contribution < -0.4 is 5.32 Å². The average molecular weight is 232 g/mol. The Kier molecular flexibility index (Phi) is 2.93. The number of phenolic OH excluding ortho intramolecular Hbond substituents is 1. The summed E-state index contributed by atoms with van der Waals surface area (Å²) in [6, 6.07) is 6.23. The van der Waals surface area contributed by atoms with E-state index < -0.39 is 0 Å². The number of hydrogen-bond donors (Lipinski definition) is 2. The molecule has 1 fully saturated rings. The molecule has 2 aliphatic heterocycles. The number of nitrogens with one attached hydrogen (secondary N) is 1. The number of phenols is 1. The van der Waals surface area contributed by atoms with E-state index in [9.17, 15) is 5.11 Å². The van der Waals surface area contributed by atoms with Gasteiger partial charge in [0.2, 0.25) is 0 Å². The molecule has 1 unspecified atom stereocenters. The summed E-state index contributed by atoms with van der Waals surface area (Å²) < 4.78 is 0. The summed E-state index contributed by atoms with van der Waals surface area (Å²) in [5.41, 5.74) is 2.46. The van der Waals surface area contributed by atoms with E-state index in [4.69, 9.17) is 0 Å². The van der Waals surface area contributed by atoms with Gasteiger partial charge in [0, 0.05) is 18.3 Å². The van der Waals surface area contributed by atoms with Gasteiger partial charge in [0.15, 0.2) is 0 Å². The number of likely N-dealkylation sites (tertiary alicyclic amines) is 1. The molecule has 0 spiro atoms. The average Bonchev–Trinajstić information content (AvgIpc) is 2.82. The molecule has 1 atom stereocenters. The minimum absolute atomic E-state index is 0.378. The molecule has 1 aromatic rings. The van der Waals surface area contributed by atoms with Crippen LogP contribution in [0.3, 0.4) is 0 Å². The number of nitrogens with zero attached hydrogens (tertiary/aromatic N) is 1. The Labute approximate surface area is 102 Å². The van der Waals surface area contributed by atoms with Crippen molar-refractivity contribution >= 4 is 5.69 Å². The summed E-state index contributed by atoms with van der Waals surface area (Å²) in [6.07, 6.45) is 4.97. The number of aromatic hydroxyl groups is 1. The molecule has 0 aromatic heterocycles. The smallest absolute Gasteiger partial charge is 0.116 e. The first kappa shape index (κ1) is 10.9. The number of hydrogen-bond acceptors (Lipinski definition) is 3. The van der Waals surface area contributed by atoms with Crippen molar-refractivity contribution in [1.82, 2.24) is 4.90 Å². The van der Waals surface area contributed by atoms with Crippen LogP contribution >= 0.6 is 0 Å². The fraction of sp³-hybridized carbons (Fsp3) is 0.571. The Morgan fingerprint density at radius 2 is 2.12 bits per heavy atom. The second kappa shape index (κ2) is 4.57.